The Morgan fingerprint density at radius 1 is 1.18 bits per heavy atom. The van der Waals surface area contributed by atoms with Gasteiger partial charge >= 0.3 is 0 Å². The van der Waals surface area contributed by atoms with Gasteiger partial charge in [0.25, 0.3) is 0 Å². The van der Waals surface area contributed by atoms with Crippen LogP contribution in [0, 0.1) is 11.8 Å². The van der Waals surface area contributed by atoms with E-state index in [9.17, 15) is 4.79 Å². The summed E-state index contributed by atoms with van der Waals surface area (Å²) < 4.78 is 0. The number of likely N-dealkylation sites (tertiary alicyclic amines) is 1. The van der Waals surface area contributed by atoms with E-state index in [2.05, 4.69) is 45.9 Å². The van der Waals surface area contributed by atoms with Gasteiger partial charge in [0.1, 0.15) is 0 Å². The van der Waals surface area contributed by atoms with Crippen LogP contribution in [-0.2, 0) is 11.3 Å². The van der Waals surface area contributed by atoms with Gasteiger partial charge in [-0.15, -0.1) is 0 Å². The third-order valence-corrected chi connectivity index (χ3v) is 5.09. The molecule has 120 valence electrons. The van der Waals surface area contributed by atoms with Crippen LogP contribution in [0.2, 0.25) is 0 Å². The highest BCUT2D eigenvalue weighted by Gasteiger charge is 2.41. The Labute approximate surface area is 133 Å². The van der Waals surface area contributed by atoms with Crippen molar-refractivity contribution in [3.63, 3.8) is 0 Å². The molecule has 4 heteroatoms. The molecule has 1 amide bonds. The molecule has 2 aliphatic rings. The van der Waals surface area contributed by atoms with Crippen molar-refractivity contribution in [3.05, 3.63) is 35.9 Å². The molecule has 22 heavy (non-hydrogen) atoms. The van der Waals surface area contributed by atoms with Crippen LogP contribution >= 0.6 is 0 Å². The number of nitrogens with one attached hydrogen (secondary N) is 2. The molecule has 4 nitrogen and oxygen atoms in total. The number of fused-ring (bicyclic) bond motifs is 1. The van der Waals surface area contributed by atoms with Crippen molar-refractivity contribution in [1.82, 2.24) is 15.5 Å². The van der Waals surface area contributed by atoms with Crippen LogP contribution in [0.3, 0.4) is 0 Å². The molecule has 0 unspecified atom stereocenters. The summed E-state index contributed by atoms with van der Waals surface area (Å²) in [6, 6.07) is 11.4. The molecule has 1 aromatic carbocycles. The summed E-state index contributed by atoms with van der Waals surface area (Å²) in [5.41, 5.74) is 1.41. The number of benzene rings is 1. The van der Waals surface area contributed by atoms with Crippen LogP contribution < -0.4 is 10.6 Å². The number of rotatable bonds is 6. The van der Waals surface area contributed by atoms with Crippen LogP contribution in [0.15, 0.2) is 30.3 Å². The van der Waals surface area contributed by atoms with Crippen molar-refractivity contribution in [2.24, 2.45) is 11.8 Å². The van der Waals surface area contributed by atoms with Crippen molar-refractivity contribution in [2.45, 2.75) is 32.4 Å². The van der Waals surface area contributed by atoms with Gasteiger partial charge in [-0.3, -0.25) is 9.69 Å². The lowest BCUT2D eigenvalue weighted by Gasteiger charge is -2.22. The number of hydrogen-bond acceptors (Lipinski definition) is 3. The highest BCUT2D eigenvalue weighted by Crippen LogP contribution is 2.38. The van der Waals surface area contributed by atoms with Crippen LogP contribution in [0.25, 0.3) is 0 Å². The highest BCUT2D eigenvalue weighted by molar-refractivity contribution is 5.72. The van der Waals surface area contributed by atoms with Gasteiger partial charge in [0.05, 0.1) is 0 Å². The number of carbonyl (C=O) groups excluding carboxylic acids is 1. The van der Waals surface area contributed by atoms with Crippen LogP contribution in [0.1, 0.15) is 25.3 Å². The first-order valence-corrected chi connectivity index (χ1v) is 8.46. The minimum Gasteiger partial charge on any atom is -0.355 e. The van der Waals surface area contributed by atoms with Crippen molar-refractivity contribution in [2.75, 3.05) is 26.2 Å². The third kappa shape index (κ3) is 3.87. The van der Waals surface area contributed by atoms with E-state index in [0.717, 1.165) is 31.5 Å². The highest BCUT2D eigenvalue weighted by atomic mass is 16.1. The van der Waals surface area contributed by atoms with E-state index in [1.165, 1.54) is 31.5 Å². The predicted octanol–water partition coefficient (Wildman–Crippen LogP) is 1.62. The van der Waals surface area contributed by atoms with Crippen molar-refractivity contribution >= 4 is 5.91 Å². The maximum Gasteiger partial charge on any atom is 0.216 e. The summed E-state index contributed by atoms with van der Waals surface area (Å²) in [4.78, 5) is 13.5. The minimum atomic E-state index is 0.0565. The summed E-state index contributed by atoms with van der Waals surface area (Å²) >= 11 is 0. The maximum atomic E-state index is 10.9. The molecule has 2 N–H and O–H groups in total. The zero-order valence-corrected chi connectivity index (χ0v) is 13.4. The summed E-state index contributed by atoms with van der Waals surface area (Å²) in [6.45, 7) is 6.71. The Balaban J connectivity index is 1.45. The molecule has 3 rings (SSSR count). The average Bonchev–Trinajstić information content (AvgIpc) is 3.05. The first-order chi connectivity index (χ1) is 10.7. The summed E-state index contributed by atoms with van der Waals surface area (Å²) in [5.74, 6) is 1.68. The first-order valence-electron chi connectivity index (χ1n) is 8.46. The zero-order valence-electron chi connectivity index (χ0n) is 13.4. The Morgan fingerprint density at radius 3 is 2.77 bits per heavy atom. The fourth-order valence-electron chi connectivity index (χ4n) is 4.08. The lowest BCUT2D eigenvalue weighted by atomic mass is 9.98. The number of nitrogens with zero attached hydrogens (tertiary/aromatic N) is 1. The second kappa shape index (κ2) is 7.25. The number of carbonyl (C=O) groups is 1. The minimum absolute atomic E-state index is 0.0565. The largest absolute Gasteiger partial charge is 0.355 e. The van der Waals surface area contributed by atoms with E-state index in [-0.39, 0.29) is 5.91 Å². The number of hydrogen-bond donors (Lipinski definition) is 2. The molecule has 1 aromatic rings. The van der Waals surface area contributed by atoms with E-state index < -0.39 is 0 Å². The fraction of sp³-hybridized carbons (Fsp3) is 0.611. The Morgan fingerprint density at radius 2 is 2.00 bits per heavy atom. The van der Waals surface area contributed by atoms with Gasteiger partial charge in [0.2, 0.25) is 5.91 Å². The molecule has 0 radical (unpaired) electrons. The Bertz CT molecular complexity index is 490. The van der Waals surface area contributed by atoms with Crippen LogP contribution in [0.4, 0.5) is 0 Å². The topological polar surface area (TPSA) is 44.4 Å². The monoisotopic (exact) mass is 301 g/mol. The predicted molar refractivity (Wildman–Crippen MR) is 88.4 cm³/mol. The van der Waals surface area contributed by atoms with E-state index >= 15 is 0 Å². The van der Waals surface area contributed by atoms with Gasteiger partial charge in [-0.25, -0.2) is 0 Å². The van der Waals surface area contributed by atoms with Gasteiger partial charge in [-0.05, 0) is 30.2 Å². The quantitative estimate of drug-likeness (QED) is 0.785. The van der Waals surface area contributed by atoms with Gasteiger partial charge in [-0.2, -0.15) is 0 Å². The van der Waals surface area contributed by atoms with Crippen molar-refractivity contribution in [1.29, 1.82) is 0 Å². The van der Waals surface area contributed by atoms with Crippen molar-refractivity contribution < 1.29 is 4.79 Å². The summed E-state index contributed by atoms with van der Waals surface area (Å²) in [6.07, 6.45) is 2.63. The molecule has 1 saturated heterocycles. The summed E-state index contributed by atoms with van der Waals surface area (Å²) in [7, 11) is 0. The SMILES string of the molecule is CC(=O)NCCN[C@@H]1CC[C@@H]2CN(Cc3ccccc3)C[C@H]21. The van der Waals surface area contributed by atoms with Gasteiger partial charge in [0.15, 0.2) is 0 Å². The Kier molecular flexibility index (Phi) is 5.11. The average molecular weight is 301 g/mol. The van der Waals surface area contributed by atoms with Gasteiger partial charge in [0, 0.05) is 45.7 Å². The molecular formula is C18H27N3O. The van der Waals surface area contributed by atoms with E-state index in [0.29, 0.717) is 6.04 Å². The fourth-order valence-corrected chi connectivity index (χ4v) is 4.08. The molecule has 3 atom stereocenters. The second-order valence-electron chi connectivity index (χ2n) is 6.72. The molecule has 1 aliphatic carbocycles. The molecular weight excluding hydrogens is 274 g/mol. The van der Waals surface area contributed by atoms with Gasteiger partial charge in [-0.1, -0.05) is 30.3 Å². The molecule has 0 spiro atoms. The second-order valence-corrected chi connectivity index (χ2v) is 6.72. The molecule has 0 aromatic heterocycles. The third-order valence-electron chi connectivity index (χ3n) is 5.09. The molecule has 0 bridgehead atoms. The number of amides is 1. The van der Waals surface area contributed by atoms with E-state index in [4.69, 9.17) is 0 Å². The normalized spacial score (nSPS) is 27.8. The lowest BCUT2D eigenvalue weighted by molar-refractivity contribution is -0.118. The first kappa shape index (κ1) is 15.5. The smallest absolute Gasteiger partial charge is 0.216 e. The van der Waals surface area contributed by atoms with Crippen LogP contribution in [0.5, 0.6) is 0 Å². The van der Waals surface area contributed by atoms with Crippen LogP contribution in [-0.4, -0.2) is 43.0 Å². The summed E-state index contributed by atoms with van der Waals surface area (Å²) in [5, 5.41) is 6.51. The maximum absolute atomic E-state index is 10.9. The lowest BCUT2D eigenvalue weighted by Crippen LogP contribution is -2.40. The molecule has 2 fully saturated rings. The van der Waals surface area contributed by atoms with Crippen molar-refractivity contribution in [3.8, 4) is 0 Å². The standard InChI is InChI=1S/C18H27N3O/c1-14(22)19-9-10-20-18-8-7-16-12-21(13-17(16)18)11-15-5-3-2-4-6-15/h2-6,16-18,20H,7-13H2,1H3,(H,19,22)/t16-,17-,18-/m1/s1. The van der Waals surface area contributed by atoms with E-state index in [1.807, 2.05) is 0 Å². The Hall–Kier alpha value is -1.39. The van der Waals surface area contributed by atoms with Gasteiger partial charge < -0.3 is 10.6 Å². The van der Waals surface area contributed by atoms with E-state index in [1.54, 1.807) is 6.92 Å². The molecule has 1 saturated carbocycles. The molecule has 1 heterocycles. The molecule has 1 aliphatic heterocycles. The zero-order chi connectivity index (χ0) is 15.4.